The molecule has 1 saturated heterocycles. The lowest BCUT2D eigenvalue weighted by atomic mass is 9.87. The number of nitrogens with zero attached hydrogens (tertiary/aromatic N) is 2. The minimum atomic E-state index is -2.05. The predicted octanol–water partition coefficient (Wildman–Crippen LogP) is 4.13. The van der Waals surface area contributed by atoms with Gasteiger partial charge in [-0.1, -0.05) is 68.6 Å². The van der Waals surface area contributed by atoms with E-state index in [2.05, 4.69) is 37.9 Å². The van der Waals surface area contributed by atoms with Gasteiger partial charge in [-0.05, 0) is 29.7 Å². The highest BCUT2D eigenvalue weighted by molar-refractivity contribution is 6.68. The number of amides is 2. The molecule has 1 aromatic rings. The Kier molecular flexibility index (Phi) is 5.90. The topological polar surface area (TPSA) is 54.0 Å². The van der Waals surface area contributed by atoms with Crippen LogP contribution in [0.1, 0.15) is 33.3 Å². The van der Waals surface area contributed by atoms with E-state index in [0.717, 1.165) is 25.2 Å². The molecule has 0 unspecified atom stereocenters. The molecule has 2 aliphatic heterocycles. The van der Waals surface area contributed by atoms with Crippen molar-refractivity contribution in [3.63, 3.8) is 0 Å². The number of rotatable bonds is 2. The summed E-state index contributed by atoms with van der Waals surface area (Å²) in [5.74, 6) is -1.10. The third kappa shape index (κ3) is 4.25. The molecule has 156 valence electrons. The van der Waals surface area contributed by atoms with Gasteiger partial charge in [-0.25, -0.2) is 4.79 Å². The SMILES string of the molecule is CCN1CCN(C(=O)N[C@@]2(C(Cl)(Cl)Cl)Oc3ccc(C(C)(C)C)cc3O2)CC1. The van der Waals surface area contributed by atoms with E-state index >= 15 is 0 Å². The van der Waals surface area contributed by atoms with Crippen molar-refractivity contribution >= 4 is 40.8 Å². The summed E-state index contributed by atoms with van der Waals surface area (Å²) in [6.07, 6.45) is 0. The summed E-state index contributed by atoms with van der Waals surface area (Å²) < 4.78 is 9.71. The predicted molar refractivity (Wildman–Crippen MR) is 112 cm³/mol. The normalized spacial score (nSPS) is 23.0. The first-order chi connectivity index (χ1) is 12.9. The fourth-order valence-corrected chi connectivity index (χ4v) is 3.57. The Morgan fingerprint density at radius 3 is 2.25 bits per heavy atom. The molecule has 9 heteroatoms. The molecule has 2 aliphatic rings. The summed E-state index contributed by atoms with van der Waals surface area (Å²) in [4.78, 5) is 16.8. The second kappa shape index (κ2) is 7.63. The van der Waals surface area contributed by atoms with E-state index < -0.39 is 15.7 Å². The lowest BCUT2D eigenvalue weighted by Crippen LogP contribution is -2.66. The number of halogens is 3. The van der Waals surface area contributed by atoms with Gasteiger partial charge >= 0.3 is 11.9 Å². The van der Waals surface area contributed by atoms with E-state index in [1.165, 1.54) is 0 Å². The molecule has 0 radical (unpaired) electrons. The van der Waals surface area contributed by atoms with Gasteiger partial charge in [-0.15, -0.1) is 0 Å². The van der Waals surface area contributed by atoms with Gasteiger partial charge in [0.15, 0.2) is 11.5 Å². The fourth-order valence-electron chi connectivity index (χ4n) is 3.19. The number of nitrogens with one attached hydrogen (secondary N) is 1. The molecule has 3 rings (SSSR count). The minimum absolute atomic E-state index is 0.0914. The first kappa shape index (κ1) is 21.6. The second-order valence-electron chi connectivity index (χ2n) is 8.08. The van der Waals surface area contributed by atoms with Crippen molar-refractivity contribution in [3.8, 4) is 11.5 Å². The quantitative estimate of drug-likeness (QED) is 0.689. The molecule has 0 saturated carbocycles. The lowest BCUT2D eigenvalue weighted by molar-refractivity contribution is -0.0962. The standard InChI is InChI=1S/C19H26Cl3N3O3/c1-5-24-8-10-25(11-9-24)16(26)23-19(18(20,21)22)27-14-7-6-13(17(2,3)4)12-15(14)28-19/h6-7,12H,5,8-11H2,1-4H3,(H,23,26)/t19-/m0/s1. The summed E-state index contributed by atoms with van der Waals surface area (Å²) in [5.41, 5.74) is 0.947. The molecular weight excluding hydrogens is 425 g/mol. The Morgan fingerprint density at radius 1 is 1.11 bits per heavy atom. The highest BCUT2D eigenvalue weighted by Gasteiger charge is 2.60. The Morgan fingerprint density at radius 2 is 1.71 bits per heavy atom. The van der Waals surface area contributed by atoms with E-state index in [-0.39, 0.29) is 5.41 Å². The van der Waals surface area contributed by atoms with Crippen LogP contribution < -0.4 is 14.8 Å². The minimum Gasteiger partial charge on any atom is -0.428 e. The van der Waals surface area contributed by atoms with Gasteiger partial charge in [-0.3, -0.25) is 5.32 Å². The maximum absolute atomic E-state index is 12.8. The van der Waals surface area contributed by atoms with Crippen molar-refractivity contribution in [1.29, 1.82) is 0 Å². The zero-order valence-corrected chi connectivity index (χ0v) is 18.8. The summed E-state index contributed by atoms with van der Waals surface area (Å²) in [7, 11) is 0. The van der Waals surface area contributed by atoms with Crippen LogP contribution in [0.25, 0.3) is 0 Å². The average Bonchev–Trinajstić information content (AvgIpc) is 2.99. The first-order valence-corrected chi connectivity index (χ1v) is 10.5. The number of carbonyl (C=O) groups is 1. The zero-order chi connectivity index (χ0) is 20.7. The number of hydrogen-bond acceptors (Lipinski definition) is 4. The molecule has 1 N–H and O–H groups in total. The van der Waals surface area contributed by atoms with Crippen LogP contribution in [-0.4, -0.2) is 58.3 Å². The van der Waals surface area contributed by atoms with E-state index in [1.54, 1.807) is 11.0 Å². The van der Waals surface area contributed by atoms with Gasteiger partial charge in [0.1, 0.15) is 0 Å². The van der Waals surface area contributed by atoms with Crippen LogP contribution in [0.4, 0.5) is 4.79 Å². The largest absolute Gasteiger partial charge is 0.428 e. The molecule has 1 fully saturated rings. The molecule has 1 aromatic carbocycles. The average molecular weight is 451 g/mol. The van der Waals surface area contributed by atoms with E-state index in [0.29, 0.717) is 24.6 Å². The van der Waals surface area contributed by atoms with Crippen molar-refractivity contribution < 1.29 is 14.3 Å². The highest BCUT2D eigenvalue weighted by Crippen LogP contribution is 2.49. The van der Waals surface area contributed by atoms with Gasteiger partial charge < -0.3 is 19.3 Å². The maximum Gasteiger partial charge on any atom is 0.389 e. The molecule has 6 nitrogen and oxygen atoms in total. The number of benzene rings is 1. The lowest BCUT2D eigenvalue weighted by Gasteiger charge is -2.38. The van der Waals surface area contributed by atoms with Crippen LogP contribution in [0.3, 0.4) is 0 Å². The van der Waals surface area contributed by atoms with E-state index in [4.69, 9.17) is 44.3 Å². The number of carbonyl (C=O) groups excluding carboxylic acids is 1. The summed E-state index contributed by atoms with van der Waals surface area (Å²) in [6, 6.07) is 5.15. The van der Waals surface area contributed by atoms with Crippen LogP contribution in [0.2, 0.25) is 0 Å². The molecule has 2 amide bonds. The molecule has 0 aliphatic carbocycles. The van der Waals surface area contributed by atoms with E-state index in [1.807, 2.05) is 12.1 Å². The maximum atomic E-state index is 12.8. The molecular formula is C19H26Cl3N3O3. The smallest absolute Gasteiger partial charge is 0.389 e. The fraction of sp³-hybridized carbons (Fsp3) is 0.632. The van der Waals surface area contributed by atoms with Gasteiger partial charge in [0.25, 0.3) is 3.79 Å². The number of hydrogen-bond donors (Lipinski definition) is 1. The van der Waals surface area contributed by atoms with Crippen LogP contribution in [0, 0.1) is 0 Å². The third-order valence-corrected chi connectivity index (χ3v) is 5.81. The Balaban J connectivity index is 1.80. The number of ether oxygens (including phenoxy) is 2. The number of alkyl halides is 3. The first-order valence-electron chi connectivity index (χ1n) is 9.34. The van der Waals surface area contributed by atoms with Crippen LogP contribution in [0.15, 0.2) is 18.2 Å². The molecule has 0 bridgehead atoms. The van der Waals surface area contributed by atoms with Gasteiger partial charge in [0.05, 0.1) is 0 Å². The molecule has 1 atom stereocenters. The molecule has 0 spiro atoms. The third-order valence-electron chi connectivity index (χ3n) is 5.07. The summed E-state index contributed by atoms with van der Waals surface area (Å²) in [5, 5.41) is 2.67. The Hall–Kier alpha value is -1.08. The number of fused-ring (bicyclic) bond motifs is 1. The van der Waals surface area contributed by atoms with Crippen molar-refractivity contribution in [2.75, 3.05) is 32.7 Å². The Labute approximate surface area is 181 Å². The summed E-state index contributed by atoms with van der Waals surface area (Å²) in [6.45, 7) is 12.1. The van der Waals surface area contributed by atoms with Crippen molar-refractivity contribution in [2.24, 2.45) is 0 Å². The summed E-state index contributed by atoms with van der Waals surface area (Å²) >= 11 is 18.6. The van der Waals surface area contributed by atoms with Gasteiger partial charge in [0.2, 0.25) is 0 Å². The van der Waals surface area contributed by atoms with E-state index in [9.17, 15) is 4.79 Å². The number of piperazine rings is 1. The number of likely N-dealkylation sites (N-methyl/N-ethyl adjacent to an activating group) is 1. The Bertz CT molecular complexity index is 740. The molecule has 0 aromatic heterocycles. The van der Waals surface area contributed by atoms with Gasteiger partial charge in [0, 0.05) is 26.2 Å². The highest BCUT2D eigenvalue weighted by atomic mass is 35.6. The van der Waals surface area contributed by atoms with Crippen molar-refractivity contribution in [1.82, 2.24) is 15.1 Å². The van der Waals surface area contributed by atoms with Crippen molar-refractivity contribution in [3.05, 3.63) is 23.8 Å². The van der Waals surface area contributed by atoms with Crippen LogP contribution in [-0.2, 0) is 5.41 Å². The monoisotopic (exact) mass is 449 g/mol. The number of urea groups is 1. The van der Waals surface area contributed by atoms with Crippen LogP contribution in [0.5, 0.6) is 11.5 Å². The van der Waals surface area contributed by atoms with Crippen molar-refractivity contribution in [2.45, 2.75) is 42.8 Å². The zero-order valence-electron chi connectivity index (χ0n) is 16.5. The van der Waals surface area contributed by atoms with Crippen LogP contribution >= 0.6 is 34.8 Å². The molecule has 2 heterocycles. The second-order valence-corrected chi connectivity index (χ2v) is 10.4. The van der Waals surface area contributed by atoms with Gasteiger partial charge in [-0.2, -0.15) is 0 Å². The molecule has 28 heavy (non-hydrogen) atoms.